The van der Waals surface area contributed by atoms with Gasteiger partial charge in [-0.3, -0.25) is 9.89 Å². The van der Waals surface area contributed by atoms with E-state index in [0.717, 1.165) is 25.7 Å². The molecule has 198 valence electrons. The maximum absolute atomic E-state index is 11.3. The van der Waals surface area contributed by atoms with Gasteiger partial charge >= 0.3 is 0 Å². The van der Waals surface area contributed by atoms with E-state index in [1.165, 1.54) is 26.2 Å². The van der Waals surface area contributed by atoms with Gasteiger partial charge in [-0.25, -0.2) is 0 Å². The molecule has 1 saturated carbocycles. The number of fused-ring (bicyclic) bond motifs is 1. The number of aliphatic hydroxyl groups is 3. The molecule has 7 atom stereocenters. The molecule has 1 aromatic carbocycles. The number of likely N-dealkylation sites (tertiary alicyclic amines) is 1. The van der Waals surface area contributed by atoms with Gasteiger partial charge < -0.3 is 30.6 Å². The maximum Gasteiger partial charge on any atom is 0.156 e. The monoisotopic (exact) mass is 520 g/mol. The number of ether oxygens (including phenoxy) is 1. The third-order valence-electron chi connectivity index (χ3n) is 8.91. The molecule has 3 aliphatic heterocycles. The van der Waals surface area contributed by atoms with Crippen LogP contribution in [0.15, 0.2) is 34.4 Å². The van der Waals surface area contributed by atoms with Crippen LogP contribution in [-0.2, 0) is 4.74 Å². The molecule has 9 nitrogen and oxygen atoms in total. The van der Waals surface area contributed by atoms with Gasteiger partial charge in [0.1, 0.15) is 36.3 Å². The number of benzene rings is 1. The molecule has 0 amide bonds. The summed E-state index contributed by atoms with van der Waals surface area (Å²) >= 11 is 5.99. The van der Waals surface area contributed by atoms with Crippen LogP contribution in [-0.4, -0.2) is 74.3 Å². The Morgan fingerprint density at radius 2 is 1.83 bits per heavy atom. The Bertz CT molecular complexity index is 981. The van der Waals surface area contributed by atoms with Crippen LogP contribution in [0.3, 0.4) is 0 Å². The molecule has 0 spiro atoms. The lowest BCUT2D eigenvalue weighted by atomic mass is 9.66. The minimum atomic E-state index is -1.71. The van der Waals surface area contributed by atoms with Crippen molar-refractivity contribution in [2.75, 3.05) is 6.54 Å². The van der Waals surface area contributed by atoms with Gasteiger partial charge in [0, 0.05) is 11.6 Å². The normalized spacial score (nSPS) is 40.0. The van der Waals surface area contributed by atoms with Crippen LogP contribution in [0.25, 0.3) is 0 Å². The molecule has 36 heavy (non-hydrogen) atoms. The van der Waals surface area contributed by atoms with E-state index >= 15 is 0 Å². The summed E-state index contributed by atoms with van der Waals surface area (Å²) in [5.41, 5.74) is -1.71. The fraction of sp³-hybridized carbons (Fsp3) is 0.692. The molecular formula is C26H37ClN4O5. The molecule has 4 aliphatic rings. The smallest absolute Gasteiger partial charge is 0.156 e. The first-order valence-corrected chi connectivity index (χ1v) is 13.4. The summed E-state index contributed by atoms with van der Waals surface area (Å²) in [7, 11) is 0. The maximum atomic E-state index is 11.3. The summed E-state index contributed by atoms with van der Waals surface area (Å²) < 4.78 is 6.26. The van der Waals surface area contributed by atoms with Crippen LogP contribution < -0.4 is 5.32 Å². The van der Waals surface area contributed by atoms with E-state index in [4.69, 9.17) is 21.3 Å². The fourth-order valence-corrected chi connectivity index (χ4v) is 7.03. The first-order valence-electron chi connectivity index (χ1n) is 13.1. The summed E-state index contributed by atoms with van der Waals surface area (Å²) in [6, 6.07) is 6.70. The predicted molar refractivity (Wildman–Crippen MR) is 136 cm³/mol. The van der Waals surface area contributed by atoms with E-state index in [-0.39, 0.29) is 5.92 Å². The Kier molecular flexibility index (Phi) is 7.33. The average Bonchev–Trinajstić information content (AvgIpc) is 3.34. The van der Waals surface area contributed by atoms with Gasteiger partial charge in [-0.2, -0.15) is 0 Å². The van der Waals surface area contributed by atoms with Gasteiger partial charge in [0.25, 0.3) is 0 Å². The highest BCUT2D eigenvalue weighted by Crippen LogP contribution is 2.52. The molecule has 5 N–H and O–H groups in total. The molecule has 1 aromatic rings. The third kappa shape index (κ3) is 4.23. The Labute approximate surface area is 216 Å². The molecule has 3 heterocycles. The largest absolute Gasteiger partial charge is 0.409 e. The summed E-state index contributed by atoms with van der Waals surface area (Å²) in [6.07, 6.45) is 5.33. The van der Waals surface area contributed by atoms with Crippen molar-refractivity contribution in [3.8, 4) is 0 Å². The van der Waals surface area contributed by atoms with Crippen molar-refractivity contribution >= 4 is 23.8 Å². The first-order chi connectivity index (χ1) is 17.3. The Morgan fingerprint density at radius 3 is 2.50 bits per heavy atom. The molecule has 0 bridgehead atoms. The summed E-state index contributed by atoms with van der Waals surface area (Å²) in [4.78, 5) is 6.75. The summed E-state index contributed by atoms with van der Waals surface area (Å²) in [5, 5.41) is 51.0. The van der Waals surface area contributed by atoms with Crippen LogP contribution in [0.4, 0.5) is 0 Å². The molecule has 1 aliphatic carbocycles. The van der Waals surface area contributed by atoms with Gasteiger partial charge in [-0.05, 0) is 49.8 Å². The zero-order valence-corrected chi connectivity index (χ0v) is 21.4. The number of nitrogens with zero attached hydrogens (tertiary/aromatic N) is 3. The zero-order valence-electron chi connectivity index (χ0n) is 20.6. The standard InChI is InChI=1S/C26H37ClN4O5/c1-25(34)20(33)22(36-21(25)19(32)16-9-11-18(27)12-10-16)31-14-13-26(17-7-5-3-2-4-6-8-17)23(30-35)28-15-29-24(26)31/h9-12,15,17,19-22,24,32-35H,2-8,13-14H2,1H3,(H,28,29,30)/t19-,20+,21-,22-,24?,25+,26?/m1/s1. The molecule has 0 radical (unpaired) electrons. The number of halogens is 1. The molecule has 0 aromatic heterocycles. The van der Waals surface area contributed by atoms with Gasteiger partial charge in [0.2, 0.25) is 0 Å². The first kappa shape index (κ1) is 25.9. The SMILES string of the molecule is C[C@@]1(O)[C@@H]([C@H](O)c2ccc(Cl)cc2)O[C@@H](N2CCC3(C4CCCCCCC4)/C(=N/O)NC=NC23)[C@@H]1O. The van der Waals surface area contributed by atoms with E-state index in [9.17, 15) is 20.5 Å². The third-order valence-corrected chi connectivity index (χ3v) is 9.16. The van der Waals surface area contributed by atoms with Crippen molar-refractivity contribution in [2.45, 2.75) is 94.6 Å². The number of nitrogens with one attached hydrogen (secondary N) is 1. The molecule has 3 fully saturated rings. The van der Waals surface area contributed by atoms with Crippen molar-refractivity contribution in [3.63, 3.8) is 0 Å². The molecular weight excluding hydrogens is 484 g/mol. The number of oxime groups is 1. The van der Waals surface area contributed by atoms with Crippen molar-refractivity contribution in [3.05, 3.63) is 34.9 Å². The Hall–Kier alpha value is -1.75. The van der Waals surface area contributed by atoms with Crippen molar-refractivity contribution in [1.29, 1.82) is 0 Å². The minimum Gasteiger partial charge on any atom is -0.409 e. The quantitative estimate of drug-likeness (QED) is 0.305. The lowest BCUT2D eigenvalue weighted by Gasteiger charge is -2.45. The van der Waals surface area contributed by atoms with Crippen molar-refractivity contribution < 1.29 is 25.3 Å². The number of hydrogen-bond donors (Lipinski definition) is 5. The number of amidine groups is 1. The van der Waals surface area contributed by atoms with Crippen LogP contribution in [0.2, 0.25) is 5.02 Å². The lowest BCUT2D eigenvalue weighted by Crippen LogP contribution is -2.59. The number of aliphatic imine (C=N–C) groups is 1. The van der Waals surface area contributed by atoms with E-state index < -0.39 is 41.7 Å². The zero-order chi connectivity index (χ0) is 25.5. The van der Waals surface area contributed by atoms with Gasteiger partial charge in [-0.15, -0.1) is 0 Å². The predicted octanol–water partition coefficient (Wildman–Crippen LogP) is 3.01. The minimum absolute atomic E-state index is 0.262. The average molecular weight is 521 g/mol. The van der Waals surface area contributed by atoms with Gasteiger partial charge in [0.05, 0.1) is 11.8 Å². The Morgan fingerprint density at radius 1 is 1.17 bits per heavy atom. The summed E-state index contributed by atoms with van der Waals surface area (Å²) in [6.45, 7) is 2.03. The second-order valence-electron chi connectivity index (χ2n) is 10.9. The van der Waals surface area contributed by atoms with Crippen molar-refractivity contribution in [1.82, 2.24) is 10.2 Å². The highest BCUT2D eigenvalue weighted by atomic mass is 35.5. The van der Waals surface area contributed by atoms with Crippen molar-refractivity contribution in [2.24, 2.45) is 21.5 Å². The second kappa shape index (κ2) is 10.2. The van der Waals surface area contributed by atoms with Crippen LogP contribution in [0.1, 0.15) is 70.0 Å². The molecule has 2 unspecified atom stereocenters. The number of rotatable bonds is 4. The molecule has 10 heteroatoms. The molecule has 5 rings (SSSR count). The number of aliphatic hydroxyl groups excluding tert-OH is 2. The van der Waals surface area contributed by atoms with Crippen LogP contribution >= 0.6 is 11.6 Å². The van der Waals surface area contributed by atoms with E-state index in [1.807, 2.05) is 4.90 Å². The summed E-state index contributed by atoms with van der Waals surface area (Å²) in [5.74, 6) is 0.769. The van der Waals surface area contributed by atoms with Crippen LogP contribution in [0.5, 0.6) is 0 Å². The highest BCUT2D eigenvalue weighted by molar-refractivity contribution is 6.30. The number of hydrogen-bond acceptors (Lipinski definition) is 8. The second-order valence-corrected chi connectivity index (χ2v) is 11.4. The van der Waals surface area contributed by atoms with E-state index in [0.29, 0.717) is 29.4 Å². The Balaban J connectivity index is 1.44. The van der Waals surface area contributed by atoms with E-state index in [2.05, 4.69) is 10.5 Å². The topological polar surface area (TPSA) is 130 Å². The van der Waals surface area contributed by atoms with E-state index in [1.54, 1.807) is 30.6 Å². The highest BCUT2D eigenvalue weighted by Gasteiger charge is 2.63. The molecule has 2 saturated heterocycles. The van der Waals surface area contributed by atoms with Gasteiger partial charge in [-0.1, -0.05) is 61.0 Å². The van der Waals surface area contributed by atoms with Crippen LogP contribution in [0, 0.1) is 11.3 Å². The fourth-order valence-electron chi connectivity index (χ4n) is 6.90. The van der Waals surface area contributed by atoms with Gasteiger partial charge in [0.15, 0.2) is 5.84 Å². The lowest BCUT2D eigenvalue weighted by molar-refractivity contribution is -0.131.